The fourth-order valence-electron chi connectivity index (χ4n) is 2.24. The molecule has 5 heteroatoms. The molecule has 5 nitrogen and oxygen atoms in total. The zero-order valence-corrected chi connectivity index (χ0v) is 10.2. The van der Waals surface area contributed by atoms with Crippen LogP contribution >= 0.6 is 0 Å². The third-order valence-corrected chi connectivity index (χ3v) is 3.38. The number of aromatic carboxylic acids is 1. The third kappa shape index (κ3) is 3.27. The lowest BCUT2D eigenvalue weighted by Gasteiger charge is -2.30. The molecule has 1 aliphatic rings. The molecule has 0 radical (unpaired) electrons. The highest BCUT2D eigenvalue weighted by Gasteiger charge is 2.19. The molecule has 0 bridgehead atoms. The van der Waals surface area contributed by atoms with Crippen molar-refractivity contribution in [2.75, 3.05) is 19.7 Å². The van der Waals surface area contributed by atoms with E-state index < -0.39 is 5.97 Å². The summed E-state index contributed by atoms with van der Waals surface area (Å²) in [6.07, 6.45) is 1.99. The summed E-state index contributed by atoms with van der Waals surface area (Å²) >= 11 is 0. The molecule has 0 unspecified atom stereocenters. The predicted molar refractivity (Wildman–Crippen MR) is 66.3 cm³/mol. The zero-order valence-electron chi connectivity index (χ0n) is 10.2. The molecule has 1 saturated heterocycles. The number of likely N-dealkylation sites (tertiary alicyclic amines) is 1. The zero-order chi connectivity index (χ0) is 13.0. The molecule has 0 spiro atoms. The van der Waals surface area contributed by atoms with Crippen molar-refractivity contribution >= 4 is 5.97 Å². The molecule has 2 N–H and O–H groups in total. The van der Waals surface area contributed by atoms with Crippen molar-refractivity contribution in [1.29, 1.82) is 0 Å². The van der Waals surface area contributed by atoms with E-state index in [9.17, 15) is 4.79 Å². The lowest BCUT2D eigenvalue weighted by molar-refractivity contribution is 0.0689. The largest absolute Gasteiger partial charge is 0.477 e. The second-order valence-electron chi connectivity index (χ2n) is 4.72. The van der Waals surface area contributed by atoms with Crippen molar-refractivity contribution in [1.82, 2.24) is 9.88 Å². The first-order valence-corrected chi connectivity index (χ1v) is 6.21. The highest BCUT2D eigenvalue weighted by Crippen LogP contribution is 2.17. The van der Waals surface area contributed by atoms with E-state index in [1.165, 1.54) is 6.07 Å². The minimum Gasteiger partial charge on any atom is -0.477 e. The van der Waals surface area contributed by atoms with Crippen LogP contribution in [0.5, 0.6) is 0 Å². The van der Waals surface area contributed by atoms with Gasteiger partial charge < -0.3 is 10.2 Å². The van der Waals surface area contributed by atoms with Crippen molar-refractivity contribution in [3.05, 3.63) is 29.6 Å². The first kappa shape index (κ1) is 13.0. The van der Waals surface area contributed by atoms with Crippen LogP contribution in [0.3, 0.4) is 0 Å². The molecule has 0 aliphatic carbocycles. The minimum atomic E-state index is -0.990. The number of pyridine rings is 1. The average Bonchev–Trinajstić information content (AvgIpc) is 2.40. The van der Waals surface area contributed by atoms with Gasteiger partial charge in [-0.15, -0.1) is 0 Å². The van der Waals surface area contributed by atoms with Gasteiger partial charge in [0.2, 0.25) is 0 Å². The van der Waals surface area contributed by atoms with Gasteiger partial charge in [-0.1, -0.05) is 6.07 Å². The Morgan fingerprint density at radius 2 is 2.11 bits per heavy atom. The number of rotatable bonds is 4. The van der Waals surface area contributed by atoms with Crippen molar-refractivity contribution in [3.63, 3.8) is 0 Å². The fourth-order valence-corrected chi connectivity index (χ4v) is 2.24. The number of carbonyl (C=O) groups is 1. The first-order chi connectivity index (χ1) is 8.69. The molecule has 0 atom stereocenters. The van der Waals surface area contributed by atoms with Gasteiger partial charge in [0.15, 0.2) is 0 Å². The molecule has 0 amide bonds. The van der Waals surface area contributed by atoms with E-state index in [2.05, 4.69) is 9.88 Å². The van der Waals surface area contributed by atoms with E-state index in [0.717, 1.165) is 31.6 Å². The summed E-state index contributed by atoms with van der Waals surface area (Å²) in [5.74, 6) is -0.574. The number of carboxylic acid groups (broad SMARTS) is 1. The molecule has 0 aromatic carbocycles. The van der Waals surface area contributed by atoms with E-state index in [0.29, 0.717) is 12.5 Å². The van der Waals surface area contributed by atoms with Crippen LogP contribution in [-0.4, -0.2) is 45.8 Å². The Hall–Kier alpha value is -1.46. The van der Waals surface area contributed by atoms with Crippen LogP contribution < -0.4 is 0 Å². The van der Waals surface area contributed by atoms with Gasteiger partial charge >= 0.3 is 5.97 Å². The second-order valence-corrected chi connectivity index (χ2v) is 4.72. The molecule has 1 aliphatic heterocycles. The maximum atomic E-state index is 10.8. The summed E-state index contributed by atoms with van der Waals surface area (Å²) in [7, 11) is 0. The monoisotopic (exact) mass is 250 g/mol. The van der Waals surface area contributed by atoms with E-state index in [1.807, 2.05) is 6.07 Å². The maximum Gasteiger partial charge on any atom is 0.354 e. The van der Waals surface area contributed by atoms with E-state index in [1.54, 1.807) is 6.07 Å². The molecule has 18 heavy (non-hydrogen) atoms. The first-order valence-electron chi connectivity index (χ1n) is 6.21. The Morgan fingerprint density at radius 1 is 1.39 bits per heavy atom. The van der Waals surface area contributed by atoms with Crippen LogP contribution in [-0.2, 0) is 6.54 Å². The van der Waals surface area contributed by atoms with Gasteiger partial charge in [-0.25, -0.2) is 9.78 Å². The van der Waals surface area contributed by atoms with Gasteiger partial charge in [-0.2, -0.15) is 0 Å². The number of piperidine rings is 1. The Balaban J connectivity index is 1.94. The Bertz CT molecular complexity index is 414. The van der Waals surface area contributed by atoms with Gasteiger partial charge in [-0.05, 0) is 44.0 Å². The van der Waals surface area contributed by atoms with Gasteiger partial charge in [-0.3, -0.25) is 4.90 Å². The van der Waals surface area contributed by atoms with E-state index in [4.69, 9.17) is 10.2 Å². The SMILES string of the molecule is O=C(O)c1cccc(CN2CCC(CO)CC2)n1. The Labute approximate surface area is 106 Å². The Kier molecular flexibility index (Phi) is 4.28. The number of aliphatic hydroxyl groups excluding tert-OH is 1. The summed E-state index contributed by atoms with van der Waals surface area (Å²) in [5.41, 5.74) is 0.884. The fraction of sp³-hybridized carbons (Fsp3) is 0.538. The summed E-state index contributed by atoms with van der Waals surface area (Å²) in [6, 6.07) is 5.08. The lowest BCUT2D eigenvalue weighted by atomic mass is 9.98. The minimum absolute atomic E-state index is 0.0951. The highest BCUT2D eigenvalue weighted by molar-refractivity contribution is 5.85. The topological polar surface area (TPSA) is 73.7 Å². The summed E-state index contributed by atoms with van der Waals surface area (Å²) < 4.78 is 0. The van der Waals surface area contributed by atoms with Crippen molar-refractivity contribution in [2.24, 2.45) is 5.92 Å². The Morgan fingerprint density at radius 3 is 2.72 bits per heavy atom. The quantitative estimate of drug-likeness (QED) is 0.833. The number of hydrogen-bond acceptors (Lipinski definition) is 4. The molecular weight excluding hydrogens is 232 g/mol. The predicted octanol–water partition coefficient (Wildman–Crippen LogP) is 0.984. The van der Waals surface area contributed by atoms with Crippen LogP contribution in [0, 0.1) is 5.92 Å². The van der Waals surface area contributed by atoms with Crippen LogP contribution in [0.15, 0.2) is 18.2 Å². The number of nitrogens with zero attached hydrogens (tertiary/aromatic N) is 2. The van der Waals surface area contributed by atoms with Gasteiger partial charge in [0.05, 0.1) is 5.69 Å². The van der Waals surface area contributed by atoms with Crippen molar-refractivity contribution < 1.29 is 15.0 Å². The average molecular weight is 250 g/mol. The molecule has 2 heterocycles. The van der Waals surface area contributed by atoms with Crippen LogP contribution in [0.2, 0.25) is 0 Å². The summed E-state index contributed by atoms with van der Waals surface area (Å²) in [5, 5.41) is 17.9. The molecule has 98 valence electrons. The molecule has 1 aromatic rings. The molecule has 0 saturated carbocycles. The number of hydrogen-bond donors (Lipinski definition) is 2. The van der Waals surface area contributed by atoms with Gasteiger partial charge in [0.25, 0.3) is 0 Å². The summed E-state index contributed by atoms with van der Waals surface area (Å²) in [4.78, 5) is 17.2. The number of aliphatic hydroxyl groups is 1. The third-order valence-electron chi connectivity index (χ3n) is 3.38. The molecular formula is C13H18N2O3. The van der Waals surface area contributed by atoms with Crippen LogP contribution in [0.4, 0.5) is 0 Å². The van der Waals surface area contributed by atoms with Gasteiger partial charge in [0.1, 0.15) is 5.69 Å². The number of carboxylic acids is 1. The highest BCUT2D eigenvalue weighted by atomic mass is 16.4. The van der Waals surface area contributed by atoms with E-state index >= 15 is 0 Å². The van der Waals surface area contributed by atoms with Crippen molar-refractivity contribution in [3.8, 4) is 0 Å². The van der Waals surface area contributed by atoms with Crippen LogP contribution in [0.1, 0.15) is 29.0 Å². The van der Waals surface area contributed by atoms with E-state index in [-0.39, 0.29) is 12.3 Å². The maximum absolute atomic E-state index is 10.8. The van der Waals surface area contributed by atoms with Crippen LogP contribution in [0.25, 0.3) is 0 Å². The molecule has 1 fully saturated rings. The normalized spacial score (nSPS) is 17.8. The standard InChI is InChI=1S/C13H18N2O3/c16-9-10-4-6-15(7-5-10)8-11-2-1-3-12(14-11)13(17)18/h1-3,10,16H,4-9H2,(H,17,18). The smallest absolute Gasteiger partial charge is 0.354 e. The van der Waals surface area contributed by atoms with Gasteiger partial charge in [0, 0.05) is 13.2 Å². The molecule has 1 aromatic heterocycles. The molecule has 2 rings (SSSR count). The van der Waals surface area contributed by atoms with Crippen molar-refractivity contribution in [2.45, 2.75) is 19.4 Å². The number of aromatic nitrogens is 1. The lowest BCUT2D eigenvalue weighted by Crippen LogP contribution is -2.34. The second kappa shape index (κ2) is 5.93. The summed E-state index contributed by atoms with van der Waals surface area (Å²) in [6.45, 7) is 2.81.